The van der Waals surface area contributed by atoms with Crippen LogP contribution in [-0.4, -0.2) is 36.0 Å². The Morgan fingerprint density at radius 1 is 0.706 bits per heavy atom. The summed E-state index contributed by atoms with van der Waals surface area (Å²) < 4.78 is 27.9. The van der Waals surface area contributed by atoms with Crippen molar-refractivity contribution < 1.29 is 13.2 Å². The van der Waals surface area contributed by atoms with Crippen LogP contribution in [0.15, 0.2) is 70.1 Å². The van der Waals surface area contributed by atoms with E-state index in [1.54, 1.807) is 27.6 Å². The molecule has 4 aromatic heterocycles. The Bertz CT molecular complexity index is 1150. The molecule has 0 aliphatic carbocycles. The van der Waals surface area contributed by atoms with Crippen LogP contribution in [0.4, 0.5) is 4.79 Å². The van der Waals surface area contributed by atoms with Gasteiger partial charge in [-0.3, -0.25) is 0 Å². The van der Waals surface area contributed by atoms with Crippen molar-refractivity contribution in [3.8, 4) is 0 Å². The van der Waals surface area contributed by atoms with Crippen LogP contribution in [-0.2, 0) is 36.2 Å². The Morgan fingerprint density at radius 2 is 1.12 bits per heavy atom. The molecule has 0 spiro atoms. The molecule has 0 saturated carbocycles. The number of carbonyl (C=O) groups is 1. The lowest BCUT2D eigenvalue weighted by atomic mass is 10.4. The first-order valence-corrected chi connectivity index (χ1v) is 15.7. The van der Waals surface area contributed by atoms with Crippen molar-refractivity contribution in [1.82, 2.24) is 14.5 Å². The molecular weight excluding hydrogens is 527 g/mol. The van der Waals surface area contributed by atoms with Gasteiger partial charge in [-0.05, 0) is 45.8 Å². The third kappa shape index (κ3) is 7.24. The maximum Gasteiger partial charge on any atom is 0.318 e. The molecule has 0 radical (unpaired) electrons. The second-order valence-corrected chi connectivity index (χ2v) is 13.7. The summed E-state index contributed by atoms with van der Waals surface area (Å²) in [4.78, 5) is 18.8. The smallest absolute Gasteiger partial charge is 0.318 e. The van der Waals surface area contributed by atoms with E-state index in [1.807, 2.05) is 70.1 Å². The van der Waals surface area contributed by atoms with Gasteiger partial charge in [0.25, 0.3) is 0 Å². The molecule has 1 N–H and O–H groups in total. The minimum atomic E-state index is -3.58. The van der Waals surface area contributed by atoms with E-state index in [2.05, 4.69) is 5.32 Å². The lowest BCUT2D eigenvalue weighted by Crippen LogP contribution is -2.42. The topological polar surface area (TPSA) is 69.7 Å². The largest absolute Gasteiger partial charge is 0.337 e. The third-order valence-electron chi connectivity index (χ3n) is 5.00. The zero-order chi connectivity index (χ0) is 23.8. The normalized spacial score (nSPS) is 11.7. The fourth-order valence-corrected chi connectivity index (χ4v) is 7.64. The van der Waals surface area contributed by atoms with Crippen LogP contribution in [0.25, 0.3) is 0 Å². The van der Waals surface area contributed by atoms with Crippen molar-refractivity contribution in [2.45, 2.75) is 26.2 Å². The monoisotopic (exact) mass is 551 g/mol. The summed E-state index contributed by atoms with van der Waals surface area (Å²) in [6.07, 6.45) is 0. The molecular formula is C23H25N3O3S5. The number of thiophene rings is 4. The van der Waals surface area contributed by atoms with E-state index >= 15 is 0 Å². The van der Waals surface area contributed by atoms with Gasteiger partial charge in [0, 0.05) is 39.1 Å². The number of sulfonamides is 1. The van der Waals surface area contributed by atoms with E-state index in [4.69, 9.17) is 0 Å². The van der Waals surface area contributed by atoms with E-state index in [0.717, 1.165) is 19.5 Å². The fourth-order valence-electron chi connectivity index (χ4n) is 3.31. The molecule has 2 amide bonds. The van der Waals surface area contributed by atoms with Gasteiger partial charge >= 0.3 is 6.03 Å². The van der Waals surface area contributed by atoms with Gasteiger partial charge in [-0.2, -0.15) is 4.31 Å². The highest BCUT2D eigenvalue weighted by Gasteiger charge is 2.24. The van der Waals surface area contributed by atoms with E-state index in [0.29, 0.717) is 26.2 Å². The molecule has 4 aromatic rings. The lowest BCUT2D eigenvalue weighted by Gasteiger charge is -2.24. The van der Waals surface area contributed by atoms with Crippen molar-refractivity contribution in [2.75, 3.05) is 12.3 Å². The zero-order valence-corrected chi connectivity index (χ0v) is 22.4. The molecule has 0 bridgehead atoms. The van der Waals surface area contributed by atoms with Gasteiger partial charge in [0.1, 0.15) is 0 Å². The van der Waals surface area contributed by atoms with Gasteiger partial charge in [-0.1, -0.05) is 24.3 Å². The molecule has 0 atom stereocenters. The second kappa shape index (κ2) is 12.1. The Hall–Kier alpha value is -2.02. The van der Waals surface area contributed by atoms with Crippen LogP contribution in [0, 0.1) is 0 Å². The molecule has 34 heavy (non-hydrogen) atoms. The number of amides is 2. The molecule has 0 aliphatic heterocycles. The third-order valence-corrected chi connectivity index (χ3v) is 10.2. The van der Waals surface area contributed by atoms with Gasteiger partial charge in [0.15, 0.2) is 0 Å². The highest BCUT2D eigenvalue weighted by Crippen LogP contribution is 2.21. The van der Waals surface area contributed by atoms with E-state index in [-0.39, 0.29) is 18.3 Å². The fraction of sp³-hybridized carbons (Fsp3) is 0.261. The first-order chi connectivity index (χ1) is 16.5. The number of urea groups is 1. The Kier molecular flexibility index (Phi) is 8.92. The van der Waals surface area contributed by atoms with Gasteiger partial charge < -0.3 is 10.2 Å². The number of rotatable bonds is 12. The number of carbonyl (C=O) groups excluding carboxylic acids is 1. The summed E-state index contributed by atoms with van der Waals surface area (Å²) in [5, 5.41) is 10.7. The molecule has 4 heterocycles. The standard InChI is InChI=1S/C23H25N3O3S5/c27-23(25(15-19-5-1-10-30-19)16-20-6-2-11-31-20)24-9-14-34(28,29)26(17-21-7-3-12-32-21)18-22-8-4-13-33-22/h1-8,10-13H,9,14-18H2,(H,24,27). The van der Waals surface area contributed by atoms with Crippen molar-refractivity contribution in [2.24, 2.45) is 0 Å². The van der Waals surface area contributed by atoms with Crippen molar-refractivity contribution >= 4 is 61.4 Å². The summed E-state index contributed by atoms with van der Waals surface area (Å²) in [6, 6.07) is 15.4. The molecule has 0 saturated heterocycles. The van der Waals surface area contributed by atoms with Crippen molar-refractivity contribution in [3.05, 3.63) is 89.6 Å². The van der Waals surface area contributed by atoms with Crippen LogP contribution in [0.1, 0.15) is 19.5 Å². The van der Waals surface area contributed by atoms with Gasteiger partial charge in [0.05, 0.1) is 18.8 Å². The van der Waals surface area contributed by atoms with E-state index in [1.165, 1.54) is 27.0 Å². The molecule has 0 unspecified atom stereocenters. The zero-order valence-electron chi connectivity index (χ0n) is 18.3. The lowest BCUT2D eigenvalue weighted by molar-refractivity contribution is 0.194. The summed E-state index contributed by atoms with van der Waals surface area (Å²) in [7, 11) is -3.58. The predicted octanol–water partition coefficient (Wildman–Crippen LogP) is 5.68. The molecule has 6 nitrogen and oxygen atoms in total. The molecule has 180 valence electrons. The van der Waals surface area contributed by atoms with Gasteiger partial charge in [-0.25, -0.2) is 13.2 Å². The Balaban J connectivity index is 1.38. The first kappa shape index (κ1) is 25.1. The predicted molar refractivity (Wildman–Crippen MR) is 143 cm³/mol. The Morgan fingerprint density at radius 3 is 1.50 bits per heavy atom. The van der Waals surface area contributed by atoms with Gasteiger partial charge in [-0.15, -0.1) is 45.3 Å². The number of hydrogen-bond donors (Lipinski definition) is 1. The van der Waals surface area contributed by atoms with Crippen LogP contribution < -0.4 is 5.32 Å². The van der Waals surface area contributed by atoms with Crippen LogP contribution in [0.5, 0.6) is 0 Å². The maximum atomic E-state index is 13.2. The number of hydrogen-bond acceptors (Lipinski definition) is 7. The molecule has 11 heteroatoms. The quantitative estimate of drug-likeness (QED) is 0.246. The van der Waals surface area contributed by atoms with Gasteiger partial charge in [0.2, 0.25) is 10.0 Å². The summed E-state index contributed by atoms with van der Waals surface area (Å²) in [5.74, 6) is -0.151. The molecule has 0 aliphatic rings. The first-order valence-electron chi connectivity index (χ1n) is 10.6. The minimum absolute atomic E-state index is 0.0535. The average molecular weight is 552 g/mol. The van der Waals surface area contributed by atoms with Crippen molar-refractivity contribution in [1.29, 1.82) is 0 Å². The Labute approximate surface area is 216 Å². The number of nitrogens with one attached hydrogen (secondary N) is 1. The van der Waals surface area contributed by atoms with E-state index < -0.39 is 10.0 Å². The van der Waals surface area contributed by atoms with Crippen molar-refractivity contribution in [3.63, 3.8) is 0 Å². The average Bonchev–Trinajstić information content (AvgIpc) is 3.62. The summed E-state index contributed by atoms with van der Waals surface area (Å²) in [6.45, 7) is 1.68. The highest BCUT2D eigenvalue weighted by atomic mass is 32.2. The summed E-state index contributed by atoms with van der Waals surface area (Å²) in [5.41, 5.74) is 0. The van der Waals surface area contributed by atoms with Crippen LogP contribution >= 0.6 is 45.3 Å². The number of nitrogens with zero attached hydrogens (tertiary/aromatic N) is 2. The summed E-state index contributed by atoms with van der Waals surface area (Å²) >= 11 is 6.27. The highest BCUT2D eigenvalue weighted by molar-refractivity contribution is 7.89. The molecule has 4 rings (SSSR count). The second-order valence-electron chi connectivity index (χ2n) is 7.49. The maximum absolute atomic E-state index is 13.2. The minimum Gasteiger partial charge on any atom is -0.337 e. The molecule has 0 fully saturated rings. The SMILES string of the molecule is O=C(NCCS(=O)(=O)N(Cc1cccs1)Cc1cccs1)N(Cc1cccs1)Cc1cccs1. The molecule has 0 aromatic carbocycles. The van der Waals surface area contributed by atoms with Crippen LogP contribution in [0.3, 0.4) is 0 Å². The van der Waals surface area contributed by atoms with E-state index in [9.17, 15) is 13.2 Å². The van der Waals surface area contributed by atoms with Crippen LogP contribution in [0.2, 0.25) is 0 Å².